The third kappa shape index (κ3) is 3.08. The molecule has 2 rings (SSSR count). The van der Waals surface area contributed by atoms with Crippen molar-refractivity contribution in [3.05, 3.63) is 36.7 Å². The lowest BCUT2D eigenvalue weighted by atomic mass is 10.3. The lowest BCUT2D eigenvalue weighted by Crippen LogP contribution is -2.41. The van der Waals surface area contributed by atoms with E-state index in [2.05, 4.69) is 10.1 Å². The third-order valence-corrected chi connectivity index (χ3v) is 2.54. The number of hydrogen-bond donors (Lipinski definition) is 2. The van der Waals surface area contributed by atoms with E-state index in [0.29, 0.717) is 6.42 Å². The summed E-state index contributed by atoms with van der Waals surface area (Å²) < 4.78 is 6.96. The van der Waals surface area contributed by atoms with Crippen LogP contribution in [0.2, 0.25) is 0 Å². The van der Waals surface area contributed by atoms with Crippen LogP contribution in [0.15, 0.2) is 36.7 Å². The first-order chi connectivity index (χ1) is 9.24. The minimum Gasteiger partial charge on any atom is -0.449 e. The van der Waals surface area contributed by atoms with Crippen LogP contribution < -0.4 is 16.0 Å². The summed E-state index contributed by atoms with van der Waals surface area (Å²) in [6.07, 6.45) is 1.30. The minimum absolute atomic E-state index is 0.138. The Bertz CT molecular complexity index is 540. The zero-order chi connectivity index (χ0) is 13.7. The number of aromatic nitrogens is 3. The summed E-state index contributed by atoms with van der Waals surface area (Å²) in [4.78, 5) is 15.4. The molecule has 0 aliphatic heterocycles. The van der Waals surface area contributed by atoms with E-state index < -0.39 is 12.0 Å². The lowest BCUT2D eigenvalue weighted by molar-refractivity contribution is -0.128. The number of hydrazine groups is 1. The van der Waals surface area contributed by atoms with Gasteiger partial charge in [-0.25, -0.2) is 10.5 Å². The van der Waals surface area contributed by atoms with Gasteiger partial charge in [0, 0.05) is 0 Å². The zero-order valence-electron chi connectivity index (χ0n) is 10.5. The van der Waals surface area contributed by atoms with Gasteiger partial charge in [0.15, 0.2) is 6.10 Å². The number of rotatable bonds is 5. The van der Waals surface area contributed by atoms with Gasteiger partial charge in [0.2, 0.25) is 0 Å². The van der Waals surface area contributed by atoms with Crippen LogP contribution in [0.5, 0.6) is 6.01 Å². The quantitative estimate of drug-likeness (QED) is 0.462. The van der Waals surface area contributed by atoms with Crippen LogP contribution in [0.1, 0.15) is 13.3 Å². The molecule has 3 N–H and O–H groups in total. The number of nitrogens with zero attached hydrogens (tertiary/aromatic N) is 3. The molecule has 0 aliphatic rings. The summed E-state index contributed by atoms with van der Waals surface area (Å²) in [5.74, 6) is 4.67. The second kappa shape index (κ2) is 5.96. The normalized spacial score (nSPS) is 11.9. The Morgan fingerprint density at radius 2 is 2.21 bits per heavy atom. The van der Waals surface area contributed by atoms with Crippen molar-refractivity contribution in [2.45, 2.75) is 19.4 Å². The first-order valence-corrected chi connectivity index (χ1v) is 5.88. The van der Waals surface area contributed by atoms with Crippen LogP contribution >= 0.6 is 0 Å². The molecule has 1 amide bonds. The molecule has 1 unspecified atom stereocenters. The number of hydrogen-bond acceptors (Lipinski definition) is 5. The zero-order valence-corrected chi connectivity index (χ0v) is 10.5. The van der Waals surface area contributed by atoms with Crippen LogP contribution in [0.25, 0.3) is 5.69 Å². The van der Waals surface area contributed by atoms with Gasteiger partial charge in [0.1, 0.15) is 6.33 Å². The van der Waals surface area contributed by atoms with Crippen LogP contribution in [-0.4, -0.2) is 26.8 Å². The van der Waals surface area contributed by atoms with Gasteiger partial charge < -0.3 is 4.74 Å². The van der Waals surface area contributed by atoms with E-state index in [4.69, 9.17) is 10.6 Å². The maximum absolute atomic E-state index is 11.4. The van der Waals surface area contributed by atoms with E-state index in [1.165, 1.54) is 6.33 Å². The molecule has 1 aromatic carbocycles. The van der Waals surface area contributed by atoms with E-state index in [0.717, 1.165) is 5.69 Å². The van der Waals surface area contributed by atoms with Gasteiger partial charge >= 0.3 is 6.01 Å². The van der Waals surface area contributed by atoms with Crippen LogP contribution in [0.4, 0.5) is 0 Å². The van der Waals surface area contributed by atoms with Gasteiger partial charge in [-0.05, 0) is 18.6 Å². The average Bonchev–Trinajstić information content (AvgIpc) is 2.93. The largest absolute Gasteiger partial charge is 0.449 e. The molecule has 0 bridgehead atoms. The monoisotopic (exact) mass is 261 g/mol. The molecule has 7 nitrogen and oxygen atoms in total. The lowest BCUT2D eigenvalue weighted by Gasteiger charge is -2.12. The van der Waals surface area contributed by atoms with Crippen molar-refractivity contribution in [3.8, 4) is 11.7 Å². The van der Waals surface area contributed by atoms with Gasteiger partial charge in [-0.3, -0.25) is 10.2 Å². The Kier molecular flexibility index (Phi) is 4.09. The number of nitrogens with two attached hydrogens (primary N) is 1. The summed E-state index contributed by atoms with van der Waals surface area (Å²) in [6, 6.07) is 9.63. The SMILES string of the molecule is CCC(Oc1ncn(-c2ccccc2)n1)C(=O)NN. The molecule has 2 aromatic rings. The standard InChI is InChI=1S/C12H15N5O2/c1-2-10(11(18)15-13)19-12-14-8-17(16-12)9-6-4-3-5-7-9/h3-8,10H,2,13H2,1H3,(H,15,18). The van der Waals surface area contributed by atoms with Crippen molar-refractivity contribution < 1.29 is 9.53 Å². The molecule has 0 saturated heterocycles. The molecule has 1 heterocycles. The second-order valence-corrected chi connectivity index (χ2v) is 3.83. The number of carbonyl (C=O) groups excluding carboxylic acids is 1. The van der Waals surface area contributed by atoms with Crippen LogP contribution in [0, 0.1) is 0 Å². The molecule has 0 saturated carbocycles. The fourth-order valence-electron chi connectivity index (χ4n) is 1.55. The number of carbonyl (C=O) groups is 1. The highest BCUT2D eigenvalue weighted by Gasteiger charge is 2.19. The number of ether oxygens (including phenoxy) is 1. The van der Waals surface area contributed by atoms with Gasteiger partial charge in [-0.15, -0.1) is 5.10 Å². The summed E-state index contributed by atoms with van der Waals surface area (Å²) in [5, 5.41) is 4.15. The fourth-order valence-corrected chi connectivity index (χ4v) is 1.55. The first kappa shape index (κ1) is 13.0. The van der Waals surface area contributed by atoms with Crippen LogP contribution in [0.3, 0.4) is 0 Å². The van der Waals surface area contributed by atoms with Gasteiger partial charge in [-0.2, -0.15) is 4.98 Å². The second-order valence-electron chi connectivity index (χ2n) is 3.83. The smallest absolute Gasteiger partial charge is 0.336 e. The highest BCUT2D eigenvalue weighted by atomic mass is 16.5. The topological polar surface area (TPSA) is 95.1 Å². The number of para-hydroxylation sites is 1. The third-order valence-electron chi connectivity index (χ3n) is 2.54. The molecule has 19 heavy (non-hydrogen) atoms. The molecular weight excluding hydrogens is 246 g/mol. The predicted octanol–water partition coefficient (Wildman–Crippen LogP) is 0.415. The predicted molar refractivity (Wildman–Crippen MR) is 68.4 cm³/mol. The molecule has 1 aromatic heterocycles. The van der Waals surface area contributed by atoms with Crippen LogP contribution in [-0.2, 0) is 4.79 Å². The first-order valence-electron chi connectivity index (χ1n) is 5.88. The summed E-state index contributed by atoms with van der Waals surface area (Å²) in [6.45, 7) is 1.81. The van der Waals surface area contributed by atoms with Crippen molar-refractivity contribution in [2.75, 3.05) is 0 Å². The Balaban J connectivity index is 2.11. The number of nitrogens with one attached hydrogen (secondary N) is 1. The molecule has 0 radical (unpaired) electrons. The van der Waals surface area contributed by atoms with Crippen molar-refractivity contribution in [1.29, 1.82) is 0 Å². The summed E-state index contributed by atoms with van der Waals surface area (Å²) in [5.41, 5.74) is 2.91. The van der Waals surface area contributed by atoms with Crippen molar-refractivity contribution in [3.63, 3.8) is 0 Å². The molecule has 100 valence electrons. The van der Waals surface area contributed by atoms with E-state index in [1.54, 1.807) is 4.68 Å². The average molecular weight is 261 g/mol. The molecule has 0 spiro atoms. The van der Waals surface area contributed by atoms with E-state index >= 15 is 0 Å². The summed E-state index contributed by atoms with van der Waals surface area (Å²) in [7, 11) is 0. The van der Waals surface area contributed by atoms with Crippen molar-refractivity contribution in [2.24, 2.45) is 5.84 Å². The summed E-state index contributed by atoms with van der Waals surface area (Å²) >= 11 is 0. The molecule has 0 fully saturated rings. The van der Waals surface area contributed by atoms with E-state index in [1.807, 2.05) is 42.7 Å². The molecule has 0 aliphatic carbocycles. The highest BCUT2D eigenvalue weighted by molar-refractivity contribution is 5.80. The maximum atomic E-state index is 11.4. The Morgan fingerprint density at radius 3 is 2.84 bits per heavy atom. The Morgan fingerprint density at radius 1 is 1.47 bits per heavy atom. The van der Waals surface area contributed by atoms with Gasteiger partial charge in [0.25, 0.3) is 5.91 Å². The maximum Gasteiger partial charge on any atom is 0.336 e. The number of benzene rings is 1. The van der Waals surface area contributed by atoms with Crippen molar-refractivity contribution in [1.82, 2.24) is 20.2 Å². The molecule has 7 heteroatoms. The Labute approximate surface area is 110 Å². The number of amides is 1. The minimum atomic E-state index is -0.698. The van der Waals surface area contributed by atoms with E-state index in [-0.39, 0.29) is 6.01 Å². The van der Waals surface area contributed by atoms with Gasteiger partial charge in [-0.1, -0.05) is 25.1 Å². The Hall–Kier alpha value is -2.41. The highest BCUT2D eigenvalue weighted by Crippen LogP contribution is 2.10. The molecular formula is C12H15N5O2. The fraction of sp³-hybridized carbons (Fsp3) is 0.250. The van der Waals surface area contributed by atoms with E-state index in [9.17, 15) is 4.79 Å². The van der Waals surface area contributed by atoms with Gasteiger partial charge in [0.05, 0.1) is 5.69 Å². The van der Waals surface area contributed by atoms with Crippen molar-refractivity contribution >= 4 is 5.91 Å². The molecule has 1 atom stereocenters.